The molecule has 11 nitrogen and oxygen atoms in total. The lowest BCUT2D eigenvalue weighted by atomic mass is 10.2. The molecular weight excluding hydrogens is 497 g/mol. The molecule has 0 saturated carbocycles. The highest BCUT2D eigenvalue weighted by atomic mass is 31.2. The monoisotopic (exact) mass is 529 g/mol. The van der Waals surface area contributed by atoms with Gasteiger partial charge >= 0.3 is 13.5 Å². The lowest BCUT2D eigenvalue weighted by Gasteiger charge is -2.23. The van der Waals surface area contributed by atoms with Gasteiger partial charge in [-0.25, -0.2) is 5.09 Å². The molecule has 1 amide bonds. The Labute approximate surface area is 216 Å². The second-order valence-corrected chi connectivity index (χ2v) is 10.6. The third-order valence-electron chi connectivity index (χ3n) is 5.11. The number of hydrogen-bond donors (Lipinski definition) is 3. The van der Waals surface area contributed by atoms with Gasteiger partial charge in [-0.1, -0.05) is 47.1 Å². The van der Waals surface area contributed by atoms with Crippen LogP contribution in [-0.4, -0.2) is 41.8 Å². The van der Waals surface area contributed by atoms with Gasteiger partial charge in [0.2, 0.25) is 5.91 Å². The van der Waals surface area contributed by atoms with Crippen LogP contribution in [0.25, 0.3) is 10.4 Å². The molecule has 2 rings (SSSR count). The van der Waals surface area contributed by atoms with E-state index in [1.54, 1.807) is 68.5 Å². The van der Waals surface area contributed by atoms with Gasteiger partial charge in [0.05, 0.1) is 12.8 Å². The summed E-state index contributed by atoms with van der Waals surface area (Å²) in [6, 6.07) is 13.5. The number of hydrogen-bond acceptors (Lipinski definition) is 7. The number of allylic oxidation sites excluding steroid dienone is 1. The van der Waals surface area contributed by atoms with Crippen LogP contribution in [0.2, 0.25) is 0 Å². The summed E-state index contributed by atoms with van der Waals surface area (Å²) in [4.78, 5) is 27.2. The number of nitrogens with one attached hydrogen (secondary N) is 2. The molecule has 2 aromatic rings. The smallest absolute Gasteiger partial charge is 0.323 e. The topological polar surface area (TPSA) is 163 Å². The quantitative estimate of drug-likeness (QED) is 0.0779. The maximum Gasteiger partial charge on any atom is 0.323 e. The molecule has 3 N–H and O–H groups in total. The van der Waals surface area contributed by atoms with Crippen LogP contribution in [0.3, 0.4) is 0 Å². The molecule has 0 bridgehead atoms. The van der Waals surface area contributed by atoms with Crippen LogP contribution < -0.4 is 14.9 Å². The highest BCUT2D eigenvalue weighted by Gasteiger charge is 2.30. The van der Waals surface area contributed by atoms with E-state index < -0.39 is 31.5 Å². The Kier molecular flexibility index (Phi) is 11.9. The third-order valence-corrected chi connectivity index (χ3v) is 7.25. The number of benzene rings is 2. The minimum absolute atomic E-state index is 0.0313. The zero-order valence-electron chi connectivity index (χ0n) is 21.0. The Hall–Kier alpha value is -3.62. The number of carbonyl (C=O) groups is 2. The van der Waals surface area contributed by atoms with Gasteiger partial charge in [-0.3, -0.25) is 14.2 Å². The Balaban J connectivity index is 1.97. The Morgan fingerprint density at radius 1 is 1.16 bits per heavy atom. The third kappa shape index (κ3) is 10.5. The largest absolute Gasteiger partial charge is 0.460 e. The van der Waals surface area contributed by atoms with E-state index in [0.29, 0.717) is 23.4 Å². The van der Waals surface area contributed by atoms with Gasteiger partial charge in [-0.05, 0) is 62.6 Å². The number of ether oxygens (including phenoxy) is 1. The summed E-state index contributed by atoms with van der Waals surface area (Å²) in [6.07, 6.45) is 2.27. The zero-order valence-corrected chi connectivity index (χ0v) is 21.9. The first kappa shape index (κ1) is 29.6. The van der Waals surface area contributed by atoms with E-state index in [4.69, 9.17) is 14.8 Å². The second kappa shape index (κ2) is 14.8. The standard InChI is InChI=1S/C25H32N5O6P/c1-18(16-31)8-7-15-37(34,36-23-9-5-4-6-10-23)29-20(3)25(33)35-17-21-11-13-22(14-12-21)27-24(32)19(2)28-30-26/h4-6,8-14,19-20,31H,7,15-17H2,1-3H3,(H,27,32)(H,29,34)/b18-8+/t19-,20-,37?/m0/s1. The van der Waals surface area contributed by atoms with E-state index in [-0.39, 0.29) is 19.4 Å². The number of carbonyl (C=O) groups excluding carboxylic acids is 2. The SMILES string of the molecule is C/C(=C\CCP(=O)(N[C@@H](C)C(=O)OCc1ccc(NC(=O)[C@H](C)N=[N+]=[N-])cc1)Oc1ccccc1)CO. The molecule has 0 spiro atoms. The minimum Gasteiger partial charge on any atom is -0.460 e. The van der Waals surface area contributed by atoms with E-state index in [1.807, 2.05) is 6.07 Å². The van der Waals surface area contributed by atoms with Crippen LogP contribution in [0, 0.1) is 0 Å². The fraction of sp³-hybridized carbons (Fsp3) is 0.360. The number of para-hydroxylation sites is 1. The summed E-state index contributed by atoms with van der Waals surface area (Å²) in [5, 5.41) is 18.0. The highest BCUT2D eigenvalue weighted by molar-refractivity contribution is 7.57. The van der Waals surface area contributed by atoms with Gasteiger partial charge in [-0.2, -0.15) is 0 Å². The van der Waals surface area contributed by atoms with E-state index in [9.17, 15) is 19.3 Å². The number of amides is 1. The molecular formula is C25H32N5O6P. The molecule has 0 fully saturated rings. The lowest BCUT2D eigenvalue weighted by molar-refractivity contribution is -0.146. The average molecular weight is 530 g/mol. The van der Waals surface area contributed by atoms with Gasteiger partial charge < -0.3 is 19.7 Å². The summed E-state index contributed by atoms with van der Waals surface area (Å²) in [7, 11) is -3.49. The number of nitrogens with zero attached hydrogens (tertiary/aromatic N) is 3. The number of rotatable bonds is 14. The van der Waals surface area contributed by atoms with E-state index in [2.05, 4.69) is 20.4 Å². The highest BCUT2D eigenvalue weighted by Crippen LogP contribution is 2.44. The number of anilines is 1. The molecule has 198 valence electrons. The van der Waals surface area contributed by atoms with Crippen molar-refractivity contribution < 1.29 is 28.5 Å². The van der Waals surface area contributed by atoms with Crippen LogP contribution in [0.1, 0.15) is 32.8 Å². The minimum atomic E-state index is -3.49. The molecule has 37 heavy (non-hydrogen) atoms. The number of azide groups is 1. The van der Waals surface area contributed by atoms with Crippen LogP contribution in [-0.2, 0) is 25.5 Å². The molecule has 0 aromatic heterocycles. The molecule has 0 aliphatic heterocycles. The predicted octanol–water partition coefficient (Wildman–Crippen LogP) is 4.95. The Morgan fingerprint density at radius 2 is 1.84 bits per heavy atom. The van der Waals surface area contributed by atoms with Crippen molar-refractivity contribution in [2.24, 2.45) is 5.11 Å². The summed E-state index contributed by atoms with van der Waals surface area (Å²) in [6.45, 7) is 4.66. The van der Waals surface area contributed by atoms with Crippen LogP contribution in [0.4, 0.5) is 5.69 Å². The van der Waals surface area contributed by atoms with E-state index in [0.717, 1.165) is 5.57 Å². The molecule has 0 heterocycles. The van der Waals surface area contributed by atoms with Crippen molar-refractivity contribution in [3.8, 4) is 5.75 Å². The molecule has 1 unspecified atom stereocenters. The first-order valence-electron chi connectivity index (χ1n) is 11.6. The fourth-order valence-electron chi connectivity index (χ4n) is 3.02. The van der Waals surface area contributed by atoms with Crippen LogP contribution in [0.5, 0.6) is 5.75 Å². The summed E-state index contributed by atoms with van der Waals surface area (Å²) in [5.74, 6) is -0.650. The first-order chi connectivity index (χ1) is 17.7. The zero-order chi connectivity index (χ0) is 27.3. The molecule has 12 heteroatoms. The van der Waals surface area contributed by atoms with Crippen LogP contribution >= 0.6 is 7.52 Å². The van der Waals surface area contributed by atoms with Crippen molar-refractivity contribution in [2.75, 3.05) is 18.1 Å². The summed E-state index contributed by atoms with van der Waals surface area (Å²) in [5.41, 5.74) is 10.3. The number of aliphatic hydroxyl groups excluding tert-OH is 1. The van der Waals surface area contributed by atoms with E-state index in [1.165, 1.54) is 6.92 Å². The number of esters is 1. The van der Waals surface area contributed by atoms with Gasteiger partial charge in [0.1, 0.15) is 24.4 Å². The van der Waals surface area contributed by atoms with Crippen molar-refractivity contribution >= 4 is 25.1 Å². The number of aliphatic hydroxyl groups is 1. The summed E-state index contributed by atoms with van der Waals surface area (Å²) < 4.78 is 24.7. The maximum atomic E-state index is 13.6. The second-order valence-electron chi connectivity index (χ2n) is 8.32. The molecule has 3 atom stereocenters. The fourth-order valence-corrected chi connectivity index (χ4v) is 4.92. The van der Waals surface area contributed by atoms with Crippen LogP contribution in [0.15, 0.2) is 71.4 Å². The Morgan fingerprint density at radius 3 is 2.46 bits per heavy atom. The molecule has 0 aliphatic rings. The van der Waals surface area contributed by atoms with Crippen molar-refractivity contribution in [3.05, 3.63) is 82.3 Å². The lowest BCUT2D eigenvalue weighted by Crippen LogP contribution is -2.35. The average Bonchev–Trinajstić information content (AvgIpc) is 2.88. The van der Waals surface area contributed by atoms with Gasteiger partial charge in [0.25, 0.3) is 0 Å². The van der Waals surface area contributed by atoms with Crippen molar-refractivity contribution in [3.63, 3.8) is 0 Å². The molecule has 0 radical (unpaired) electrons. The van der Waals surface area contributed by atoms with Crippen molar-refractivity contribution in [1.29, 1.82) is 0 Å². The van der Waals surface area contributed by atoms with Gasteiger partial charge in [0.15, 0.2) is 0 Å². The molecule has 0 aliphatic carbocycles. The Bertz CT molecular complexity index is 1170. The van der Waals surface area contributed by atoms with Crippen molar-refractivity contribution in [1.82, 2.24) is 5.09 Å². The van der Waals surface area contributed by atoms with Gasteiger partial charge in [-0.15, -0.1) is 0 Å². The first-order valence-corrected chi connectivity index (χ1v) is 13.5. The van der Waals surface area contributed by atoms with Gasteiger partial charge in [0, 0.05) is 10.6 Å². The van der Waals surface area contributed by atoms with Crippen molar-refractivity contribution in [2.45, 2.75) is 45.9 Å². The molecule has 0 saturated heterocycles. The predicted molar refractivity (Wildman–Crippen MR) is 141 cm³/mol. The van der Waals surface area contributed by atoms with E-state index >= 15 is 0 Å². The molecule has 2 aromatic carbocycles. The summed E-state index contributed by atoms with van der Waals surface area (Å²) >= 11 is 0. The normalized spacial score (nSPS) is 14.4. The maximum absolute atomic E-state index is 13.6.